The molecule has 0 saturated carbocycles. The fraction of sp³-hybridized carbons (Fsp3) is 0.795. The van der Waals surface area contributed by atoms with Gasteiger partial charge in [0.2, 0.25) is 0 Å². The molecule has 0 aliphatic carbocycles. The molecule has 2 unspecified atom stereocenters. The third-order valence-electron chi connectivity index (χ3n) is 11.7. The highest BCUT2D eigenvalue weighted by Gasteiger charge is 2.45. The minimum Gasteiger partial charge on any atom is -0.462 e. The number of fused-ring (bicyclic) bond motifs is 3. The van der Waals surface area contributed by atoms with Gasteiger partial charge in [0.15, 0.2) is 6.10 Å². The molecule has 3 heterocycles. The fourth-order valence-corrected chi connectivity index (χ4v) is 9.98. The van der Waals surface area contributed by atoms with E-state index in [2.05, 4.69) is 23.1 Å². The van der Waals surface area contributed by atoms with Crippen molar-refractivity contribution in [3.05, 3.63) is 34.9 Å². The Morgan fingerprint density at radius 1 is 0.925 bits per heavy atom. The van der Waals surface area contributed by atoms with E-state index in [9.17, 15) is 58.5 Å². The summed E-state index contributed by atoms with van der Waals surface area (Å²) in [5.74, 6) is -4.37. The molecule has 1 aromatic rings. The first-order chi connectivity index (χ1) is 31.7. The topological polar surface area (TPSA) is 323 Å². The molecule has 384 valence electrons. The van der Waals surface area contributed by atoms with E-state index in [1.165, 1.54) is 30.8 Å². The van der Waals surface area contributed by atoms with Gasteiger partial charge in [0.25, 0.3) is 0 Å². The molecular weight excluding hydrogens is 920 g/mol. The molecule has 2 saturated heterocycles. The molecule has 21 nitrogen and oxygen atoms in total. The maximum absolute atomic E-state index is 13.9. The summed E-state index contributed by atoms with van der Waals surface area (Å²) in [6.45, 7) is 3.64. The van der Waals surface area contributed by atoms with Crippen LogP contribution in [0.3, 0.4) is 0 Å². The summed E-state index contributed by atoms with van der Waals surface area (Å²) in [7, 11) is -11.3. The van der Waals surface area contributed by atoms with Crippen molar-refractivity contribution >= 4 is 39.2 Å². The molecule has 3 rings (SSSR count). The number of nitrogens with zero attached hydrogens (tertiary/aromatic N) is 2. The van der Waals surface area contributed by atoms with Crippen molar-refractivity contribution in [1.29, 1.82) is 0 Å². The van der Waals surface area contributed by atoms with Crippen LogP contribution in [0.4, 0.5) is 5.82 Å². The summed E-state index contributed by atoms with van der Waals surface area (Å²) in [6.07, 6.45) is 2.23. The number of phosphoric acid groups is 2. The Morgan fingerprint density at radius 3 is 2.27 bits per heavy atom. The zero-order chi connectivity index (χ0) is 49.6. The maximum atomic E-state index is 13.9. The van der Waals surface area contributed by atoms with Crippen LogP contribution in [0.25, 0.3) is 0 Å². The van der Waals surface area contributed by atoms with Crippen molar-refractivity contribution in [1.82, 2.24) is 9.55 Å². The standard InChI is InChI=1S/C44H75N3O18P2/c1-4-5-12-18-31(48)22-23-33-35(49)26-36(50)34-19-14-10-11-16-21-40(52)63-32(27-60-39(51)20-15-9-7-6-8-13-17-30(2)3)28-61-66(56,57)65-67(58,59)62-29-37(42(54)41(33)53)64-43(34)47-25-24-38(45)46-44(47)55/h22-25,30-34,36-37,41-43,48,50,53-54H,4-21,26-29H2,1-3H3,(H,56,57)(H,58,59)(H2,45,46,55)/b23-22-/t31-,32+,33-,34-,36-,37+,41-,42+,43+/m0/s1. The molecule has 2 fully saturated rings. The van der Waals surface area contributed by atoms with Crippen LogP contribution in [0.2, 0.25) is 0 Å². The van der Waals surface area contributed by atoms with Gasteiger partial charge < -0.3 is 50.2 Å². The minimum atomic E-state index is -5.70. The summed E-state index contributed by atoms with van der Waals surface area (Å²) < 4.78 is 58.7. The smallest absolute Gasteiger partial charge is 0.462 e. The lowest BCUT2D eigenvalue weighted by molar-refractivity contribution is -0.188. The van der Waals surface area contributed by atoms with Crippen LogP contribution in [-0.4, -0.2) is 114 Å². The SMILES string of the molecule is CCCCC[C@H](O)/C=C\[C@H]1C(=O)C[C@H](O)[C@@H]2CCCCCCC(=O)O[C@H](COC(=O)CCCCCCCCC(C)C)COP(=O)(O)OP(=O)(O)OC[C@@H](O[C@H]2n2ccc(N)nc2=O)[C@@H](O)[C@H]1O. The van der Waals surface area contributed by atoms with Crippen LogP contribution >= 0.6 is 15.6 Å². The number of cyclic esters (lactones) is 1. The number of ether oxygens (including phenoxy) is 3. The number of Topliss-reactive ketones (excluding diaryl/α,β-unsaturated/α-hetero) is 1. The maximum Gasteiger partial charge on any atom is 0.481 e. The van der Waals surface area contributed by atoms with Crippen molar-refractivity contribution < 1.29 is 81.3 Å². The van der Waals surface area contributed by atoms with E-state index in [1.54, 1.807) is 0 Å². The largest absolute Gasteiger partial charge is 0.481 e. The number of esters is 2. The van der Waals surface area contributed by atoms with Crippen molar-refractivity contribution in [2.24, 2.45) is 17.8 Å². The van der Waals surface area contributed by atoms with E-state index in [0.29, 0.717) is 44.4 Å². The Kier molecular flexibility index (Phi) is 26.1. The second kappa shape index (κ2) is 30.0. The molecule has 0 radical (unpaired) electrons. The Hall–Kier alpha value is -2.91. The minimum absolute atomic E-state index is 0.0572. The molecule has 23 heteroatoms. The van der Waals surface area contributed by atoms with Crippen molar-refractivity contribution in [3.8, 4) is 0 Å². The number of aromatic nitrogens is 2. The average Bonchev–Trinajstić information content (AvgIpc) is 3.24. The van der Waals surface area contributed by atoms with Gasteiger partial charge in [-0.2, -0.15) is 9.29 Å². The number of anilines is 1. The first kappa shape index (κ1) is 58.4. The molecule has 0 aromatic carbocycles. The number of nitrogen functional groups attached to an aromatic ring is 1. The lowest BCUT2D eigenvalue weighted by atomic mass is 9.83. The van der Waals surface area contributed by atoms with Crippen LogP contribution in [0.15, 0.2) is 29.2 Å². The van der Waals surface area contributed by atoms with Gasteiger partial charge in [-0.05, 0) is 37.7 Å². The van der Waals surface area contributed by atoms with Crippen LogP contribution in [0.5, 0.6) is 0 Å². The van der Waals surface area contributed by atoms with Crippen LogP contribution in [-0.2, 0) is 51.1 Å². The van der Waals surface area contributed by atoms with Gasteiger partial charge in [-0.1, -0.05) is 110 Å². The summed E-state index contributed by atoms with van der Waals surface area (Å²) in [6, 6.07) is 1.24. The highest BCUT2D eigenvalue weighted by molar-refractivity contribution is 7.61. The number of hydrogen-bond donors (Lipinski definition) is 7. The second-order valence-electron chi connectivity index (χ2n) is 17.9. The molecule has 0 amide bonds. The fourth-order valence-electron chi connectivity index (χ4n) is 7.87. The van der Waals surface area contributed by atoms with Gasteiger partial charge >= 0.3 is 33.3 Å². The number of aliphatic hydroxyl groups is 4. The van der Waals surface area contributed by atoms with Gasteiger partial charge in [0.1, 0.15) is 36.6 Å². The first-order valence-corrected chi connectivity index (χ1v) is 26.7. The number of nitrogens with two attached hydrogens (primary N) is 1. The van der Waals surface area contributed by atoms with Gasteiger partial charge in [0, 0.05) is 31.4 Å². The highest BCUT2D eigenvalue weighted by atomic mass is 31.3. The first-order valence-electron chi connectivity index (χ1n) is 23.7. The van der Waals surface area contributed by atoms with Gasteiger partial charge in [-0.15, -0.1) is 0 Å². The quantitative estimate of drug-likeness (QED) is 0.0423. The lowest BCUT2D eigenvalue weighted by Gasteiger charge is -2.39. The predicted molar refractivity (Wildman–Crippen MR) is 244 cm³/mol. The predicted octanol–water partition coefficient (Wildman–Crippen LogP) is 5.33. The van der Waals surface area contributed by atoms with Gasteiger partial charge in [-0.3, -0.25) is 28.0 Å². The van der Waals surface area contributed by atoms with E-state index in [4.69, 9.17) is 29.0 Å². The Balaban J connectivity index is 1.90. The number of ketones is 1. The van der Waals surface area contributed by atoms with Gasteiger partial charge in [-0.25, -0.2) is 13.9 Å². The molecule has 8 N–H and O–H groups in total. The monoisotopic (exact) mass is 995 g/mol. The molecule has 1 aromatic heterocycles. The molecule has 11 atom stereocenters. The molecular formula is C44H75N3O18P2. The van der Waals surface area contributed by atoms with Crippen LogP contribution in [0, 0.1) is 17.8 Å². The lowest BCUT2D eigenvalue weighted by Crippen LogP contribution is -2.51. The Bertz CT molecular complexity index is 1850. The van der Waals surface area contributed by atoms with Crippen molar-refractivity contribution in [2.45, 2.75) is 186 Å². The average molecular weight is 996 g/mol. The normalized spacial score (nSPS) is 30.8. The van der Waals surface area contributed by atoms with E-state index in [-0.39, 0.29) is 31.5 Å². The zero-order valence-electron chi connectivity index (χ0n) is 39.1. The Morgan fingerprint density at radius 2 is 1.58 bits per heavy atom. The third kappa shape index (κ3) is 22.2. The third-order valence-corrected chi connectivity index (χ3v) is 14.3. The van der Waals surface area contributed by atoms with Crippen molar-refractivity contribution in [2.75, 3.05) is 25.6 Å². The van der Waals surface area contributed by atoms with E-state index < -0.39 is 120 Å². The zero-order valence-corrected chi connectivity index (χ0v) is 40.9. The summed E-state index contributed by atoms with van der Waals surface area (Å²) in [5, 5.41) is 45.6. The molecule has 67 heavy (non-hydrogen) atoms. The number of rotatable bonds is 18. The van der Waals surface area contributed by atoms with E-state index in [1.807, 2.05) is 6.92 Å². The summed E-state index contributed by atoms with van der Waals surface area (Å²) in [5.41, 5.74) is 4.76. The molecule has 2 aliphatic rings. The number of hydrogen-bond acceptors (Lipinski definition) is 18. The van der Waals surface area contributed by atoms with E-state index >= 15 is 0 Å². The van der Waals surface area contributed by atoms with Gasteiger partial charge in [0.05, 0.1) is 37.4 Å². The highest BCUT2D eigenvalue weighted by Crippen LogP contribution is 2.60. The molecule has 2 bridgehead atoms. The van der Waals surface area contributed by atoms with E-state index in [0.717, 1.165) is 49.5 Å². The summed E-state index contributed by atoms with van der Waals surface area (Å²) in [4.78, 5) is 77.7. The number of phosphoric ester groups is 2. The summed E-state index contributed by atoms with van der Waals surface area (Å²) >= 11 is 0. The Labute approximate surface area is 393 Å². The number of aliphatic hydroxyl groups excluding tert-OH is 4. The van der Waals surface area contributed by atoms with Crippen LogP contribution in [0.1, 0.15) is 149 Å². The number of carbonyl (C=O) groups is 3. The van der Waals surface area contributed by atoms with Crippen LogP contribution < -0.4 is 11.4 Å². The number of carbonyl (C=O) groups excluding carboxylic acids is 3. The molecule has 2 aliphatic heterocycles. The second-order valence-corrected chi connectivity index (χ2v) is 20.9. The number of unbranched alkanes of at least 4 members (excludes halogenated alkanes) is 7. The van der Waals surface area contributed by atoms with Crippen molar-refractivity contribution in [3.63, 3.8) is 0 Å². The molecule has 0 spiro atoms.